The minimum absolute atomic E-state index is 0.134. The van der Waals surface area contributed by atoms with Gasteiger partial charge in [-0.2, -0.15) is 4.98 Å². The molecule has 2 rings (SSSR count). The minimum Gasteiger partial charge on any atom is -0.461 e. The quantitative estimate of drug-likeness (QED) is 0.668. The van der Waals surface area contributed by atoms with Crippen molar-refractivity contribution in [3.05, 3.63) is 33.7 Å². The van der Waals surface area contributed by atoms with E-state index in [1.54, 1.807) is 12.1 Å². The normalized spacial score (nSPS) is 10.2. The maximum absolute atomic E-state index is 10.9. The first kappa shape index (κ1) is 7.93. The molecule has 2 aromatic heterocycles. The summed E-state index contributed by atoms with van der Waals surface area (Å²) in [5, 5.41) is 0. The molecule has 0 aromatic carbocycles. The van der Waals surface area contributed by atoms with Crippen LogP contribution in [0.25, 0.3) is 11.6 Å². The van der Waals surface area contributed by atoms with Crippen molar-refractivity contribution >= 4 is 12.2 Å². The molecule has 2 N–H and O–H groups in total. The lowest BCUT2D eigenvalue weighted by Crippen LogP contribution is -2.12. The van der Waals surface area contributed by atoms with Crippen LogP contribution in [0.15, 0.2) is 27.6 Å². The van der Waals surface area contributed by atoms with Crippen LogP contribution in [0.1, 0.15) is 0 Å². The fourth-order valence-corrected chi connectivity index (χ4v) is 1.11. The van der Waals surface area contributed by atoms with Crippen LogP contribution in [0.4, 0.5) is 0 Å². The zero-order valence-electron chi connectivity index (χ0n) is 6.40. The lowest BCUT2D eigenvalue weighted by molar-refractivity contribution is 0.576. The highest BCUT2D eigenvalue weighted by Gasteiger charge is 2.02. The SMILES string of the molecule is O=c1[nH]c(-c2ccco2)nc(=S)[nH]1. The third-order valence-corrected chi connectivity index (χ3v) is 1.61. The summed E-state index contributed by atoms with van der Waals surface area (Å²) in [5.74, 6) is 0.816. The van der Waals surface area contributed by atoms with Gasteiger partial charge in [-0.15, -0.1) is 0 Å². The van der Waals surface area contributed by atoms with E-state index in [2.05, 4.69) is 15.0 Å². The van der Waals surface area contributed by atoms with E-state index in [1.807, 2.05) is 0 Å². The highest BCUT2D eigenvalue weighted by Crippen LogP contribution is 2.11. The van der Waals surface area contributed by atoms with E-state index in [0.717, 1.165) is 0 Å². The number of aromatic amines is 2. The van der Waals surface area contributed by atoms with Gasteiger partial charge in [0.15, 0.2) is 11.6 Å². The fraction of sp³-hybridized carbons (Fsp3) is 0. The third-order valence-electron chi connectivity index (χ3n) is 1.42. The molecular formula is C7H5N3O2S. The molecular weight excluding hydrogens is 190 g/mol. The van der Waals surface area contributed by atoms with Crippen LogP contribution < -0.4 is 5.69 Å². The summed E-state index contributed by atoms with van der Waals surface area (Å²) in [5.41, 5.74) is -0.397. The predicted molar refractivity (Wildman–Crippen MR) is 47.7 cm³/mol. The number of furan rings is 1. The largest absolute Gasteiger partial charge is 0.461 e. The molecule has 0 atom stereocenters. The van der Waals surface area contributed by atoms with Crippen molar-refractivity contribution in [2.45, 2.75) is 0 Å². The number of hydrogen-bond donors (Lipinski definition) is 2. The molecule has 0 aliphatic rings. The van der Waals surface area contributed by atoms with Crippen molar-refractivity contribution < 1.29 is 4.42 Å². The summed E-state index contributed by atoms with van der Waals surface area (Å²) in [6.07, 6.45) is 1.50. The summed E-state index contributed by atoms with van der Waals surface area (Å²) in [6, 6.07) is 3.39. The van der Waals surface area contributed by atoms with Crippen LogP contribution in [0.3, 0.4) is 0 Å². The number of rotatable bonds is 1. The van der Waals surface area contributed by atoms with Gasteiger partial charge in [-0.3, -0.25) is 9.97 Å². The smallest absolute Gasteiger partial charge is 0.326 e. The zero-order valence-corrected chi connectivity index (χ0v) is 7.22. The van der Waals surface area contributed by atoms with Crippen molar-refractivity contribution in [1.29, 1.82) is 0 Å². The Morgan fingerprint density at radius 2 is 2.31 bits per heavy atom. The van der Waals surface area contributed by atoms with Gasteiger partial charge in [-0.05, 0) is 24.4 Å². The van der Waals surface area contributed by atoms with Gasteiger partial charge in [0.2, 0.25) is 4.77 Å². The van der Waals surface area contributed by atoms with E-state index in [4.69, 9.17) is 16.6 Å². The van der Waals surface area contributed by atoms with E-state index in [1.165, 1.54) is 6.26 Å². The summed E-state index contributed by atoms with van der Waals surface area (Å²) >= 11 is 4.73. The molecule has 0 unspecified atom stereocenters. The summed E-state index contributed by atoms with van der Waals surface area (Å²) in [4.78, 5) is 19.6. The maximum atomic E-state index is 10.9. The second-order valence-electron chi connectivity index (χ2n) is 2.32. The van der Waals surface area contributed by atoms with Crippen LogP contribution >= 0.6 is 12.2 Å². The number of H-pyrrole nitrogens is 2. The number of nitrogens with zero attached hydrogens (tertiary/aromatic N) is 1. The van der Waals surface area contributed by atoms with Gasteiger partial charge in [0.1, 0.15) is 0 Å². The van der Waals surface area contributed by atoms with Gasteiger partial charge in [0, 0.05) is 0 Å². The Kier molecular flexibility index (Phi) is 1.82. The van der Waals surface area contributed by atoms with Crippen LogP contribution in [-0.2, 0) is 0 Å². The Balaban J connectivity index is 2.66. The highest BCUT2D eigenvalue weighted by molar-refractivity contribution is 7.71. The number of aromatic nitrogens is 3. The van der Waals surface area contributed by atoms with Crippen LogP contribution in [0.2, 0.25) is 0 Å². The molecule has 0 saturated heterocycles. The number of nitrogens with one attached hydrogen (secondary N) is 2. The molecule has 0 aliphatic heterocycles. The molecule has 0 bridgehead atoms. The van der Waals surface area contributed by atoms with Crippen molar-refractivity contribution in [3.63, 3.8) is 0 Å². The van der Waals surface area contributed by atoms with Crippen molar-refractivity contribution in [1.82, 2.24) is 15.0 Å². The van der Waals surface area contributed by atoms with Gasteiger partial charge in [-0.25, -0.2) is 4.79 Å². The Labute approximate surface area is 77.5 Å². The van der Waals surface area contributed by atoms with E-state index in [9.17, 15) is 4.79 Å². The predicted octanol–water partition coefficient (Wildman–Crippen LogP) is 1.09. The van der Waals surface area contributed by atoms with E-state index in [0.29, 0.717) is 11.6 Å². The average molecular weight is 195 g/mol. The maximum Gasteiger partial charge on any atom is 0.326 e. The molecule has 66 valence electrons. The van der Waals surface area contributed by atoms with Crippen molar-refractivity contribution in [2.75, 3.05) is 0 Å². The van der Waals surface area contributed by atoms with Crippen molar-refractivity contribution in [2.24, 2.45) is 0 Å². The molecule has 0 fully saturated rings. The molecule has 0 spiro atoms. The van der Waals surface area contributed by atoms with Gasteiger partial charge in [-0.1, -0.05) is 0 Å². The second-order valence-corrected chi connectivity index (χ2v) is 2.71. The van der Waals surface area contributed by atoms with E-state index >= 15 is 0 Å². The lowest BCUT2D eigenvalue weighted by atomic mass is 10.4. The van der Waals surface area contributed by atoms with E-state index < -0.39 is 5.69 Å². The number of hydrogen-bond acceptors (Lipinski definition) is 4. The van der Waals surface area contributed by atoms with Gasteiger partial charge < -0.3 is 4.42 Å². The molecule has 0 aliphatic carbocycles. The third kappa shape index (κ3) is 1.57. The van der Waals surface area contributed by atoms with Crippen molar-refractivity contribution in [3.8, 4) is 11.6 Å². The molecule has 6 heteroatoms. The summed E-state index contributed by atoms with van der Waals surface area (Å²) in [7, 11) is 0. The monoisotopic (exact) mass is 195 g/mol. The van der Waals surface area contributed by atoms with Crippen LogP contribution in [-0.4, -0.2) is 15.0 Å². The fourth-order valence-electron chi connectivity index (χ4n) is 0.923. The summed E-state index contributed by atoms with van der Waals surface area (Å²) in [6.45, 7) is 0. The lowest BCUT2D eigenvalue weighted by Gasteiger charge is -1.93. The molecule has 0 amide bonds. The molecule has 2 aromatic rings. The molecule has 2 heterocycles. The molecule has 0 radical (unpaired) electrons. The second kappa shape index (κ2) is 2.98. The minimum atomic E-state index is -0.397. The average Bonchev–Trinajstić information content (AvgIpc) is 2.53. The first-order valence-electron chi connectivity index (χ1n) is 3.50. The molecule has 5 nitrogen and oxygen atoms in total. The molecule has 0 saturated carbocycles. The van der Waals surface area contributed by atoms with Gasteiger partial charge in [0.05, 0.1) is 6.26 Å². The zero-order chi connectivity index (χ0) is 9.26. The van der Waals surface area contributed by atoms with Crippen LogP contribution in [0.5, 0.6) is 0 Å². The van der Waals surface area contributed by atoms with Gasteiger partial charge >= 0.3 is 5.69 Å². The Hall–Kier alpha value is -1.69. The molecule has 13 heavy (non-hydrogen) atoms. The van der Waals surface area contributed by atoms with E-state index in [-0.39, 0.29) is 4.77 Å². The summed E-state index contributed by atoms with van der Waals surface area (Å²) < 4.78 is 5.17. The Morgan fingerprint density at radius 3 is 2.92 bits per heavy atom. The first-order valence-corrected chi connectivity index (χ1v) is 3.91. The topological polar surface area (TPSA) is 74.7 Å². The standard InChI is InChI=1S/C7H5N3O2S/c11-6-8-5(9-7(13)10-6)4-2-1-3-12-4/h1-3H,(H2,8,9,10,11,13). The van der Waals surface area contributed by atoms with Gasteiger partial charge in [0.25, 0.3) is 0 Å². The van der Waals surface area contributed by atoms with Crippen LogP contribution in [0, 0.1) is 4.77 Å². The first-order chi connectivity index (χ1) is 6.25. The highest BCUT2D eigenvalue weighted by atomic mass is 32.1. The Bertz CT molecular complexity index is 483. The Morgan fingerprint density at radius 1 is 1.46 bits per heavy atom.